The van der Waals surface area contributed by atoms with Crippen LogP contribution in [0, 0.1) is 0 Å². The van der Waals surface area contributed by atoms with E-state index in [9.17, 15) is 4.79 Å². The fourth-order valence-corrected chi connectivity index (χ4v) is 2.21. The van der Waals surface area contributed by atoms with E-state index in [4.69, 9.17) is 14.6 Å². The van der Waals surface area contributed by atoms with E-state index in [2.05, 4.69) is 0 Å². The molecule has 0 aromatic rings. The number of carboxylic acid groups (broad SMARTS) is 1. The number of hydrogen-bond acceptors (Lipinski definition) is 4. The minimum Gasteiger partial charge on any atom is -0.480 e. The lowest BCUT2D eigenvalue weighted by Crippen LogP contribution is -2.40. The molecule has 1 aliphatic rings. The number of carbonyl (C=O) groups is 1. The van der Waals surface area contributed by atoms with Crippen LogP contribution < -0.4 is 0 Å². The Bertz CT molecular complexity index is 222. The molecule has 5 nitrogen and oxygen atoms in total. The Hall–Kier alpha value is -0.650. The van der Waals surface area contributed by atoms with E-state index in [1.54, 1.807) is 14.2 Å². The summed E-state index contributed by atoms with van der Waals surface area (Å²) in [5.41, 5.74) is 0. The van der Waals surface area contributed by atoms with Gasteiger partial charge in [0.2, 0.25) is 0 Å². The van der Waals surface area contributed by atoms with E-state index in [0.717, 1.165) is 6.42 Å². The van der Waals surface area contributed by atoms with Crippen LogP contribution >= 0.6 is 0 Å². The van der Waals surface area contributed by atoms with Crippen molar-refractivity contribution in [2.45, 2.75) is 38.0 Å². The van der Waals surface area contributed by atoms with Gasteiger partial charge in [-0.3, -0.25) is 9.69 Å². The molecule has 1 rings (SSSR count). The predicted molar refractivity (Wildman–Crippen MR) is 59.5 cm³/mol. The van der Waals surface area contributed by atoms with Crippen LogP contribution in [-0.2, 0) is 14.3 Å². The summed E-state index contributed by atoms with van der Waals surface area (Å²) in [7, 11) is 3.27. The Morgan fingerprint density at radius 2 is 1.88 bits per heavy atom. The van der Waals surface area contributed by atoms with E-state index in [0.29, 0.717) is 19.5 Å². The van der Waals surface area contributed by atoms with Gasteiger partial charge in [0, 0.05) is 27.3 Å². The van der Waals surface area contributed by atoms with Gasteiger partial charge in [-0.15, -0.1) is 0 Å². The quantitative estimate of drug-likeness (QED) is 0.725. The van der Waals surface area contributed by atoms with Gasteiger partial charge in [0.25, 0.3) is 0 Å². The summed E-state index contributed by atoms with van der Waals surface area (Å²) in [4.78, 5) is 13.1. The minimum absolute atomic E-state index is 0.0243. The largest absolute Gasteiger partial charge is 0.480 e. The van der Waals surface area contributed by atoms with Gasteiger partial charge < -0.3 is 14.6 Å². The lowest BCUT2D eigenvalue weighted by molar-refractivity contribution is -0.143. The maximum atomic E-state index is 11.1. The molecule has 1 heterocycles. The van der Waals surface area contributed by atoms with Crippen molar-refractivity contribution in [3.8, 4) is 0 Å². The maximum Gasteiger partial charge on any atom is 0.320 e. The molecule has 94 valence electrons. The van der Waals surface area contributed by atoms with Crippen LogP contribution in [0.15, 0.2) is 0 Å². The average molecular weight is 231 g/mol. The topological polar surface area (TPSA) is 59.0 Å². The fourth-order valence-electron chi connectivity index (χ4n) is 2.21. The van der Waals surface area contributed by atoms with Crippen LogP contribution in [0.4, 0.5) is 0 Å². The van der Waals surface area contributed by atoms with Crippen molar-refractivity contribution in [1.29, 1.82) is 0 Å². The fraction of sp³-hybridized carbons (Fsp3) is 0.909. The molecular weight excluding hydrogens is 210 g/mol. The third kappa shape index (κ3) is 2.93. The molecule has 1 fully saturated rings. The van der Waals surface area contributed by atoms with Crippen molar-refractivity contribution >= 4 is 5.97 Å². The highest BCUT2D eigenvalue weighted by Gasteiger charge is 2.38. The molecule has 0 saturated carbocycles. The first kappa shape index (κ1) is 13.4. The molecule has 3 unspecified atom stereocenters. The Morgan fingerprint density at radius 1 is 1.38 bits per heavy atom. The van der Waals surface area contributed by atoms with Crippen LogP contribution in [0.1, 0.15) is 19.8 Å². The summed E-state index contributed by atoms with van der Waals surface area (Å²) in [5, 5.41) is 9.16. The molecular formula is C11H21NO4. The Kier molecular flexibility index (Phi) is 5.18. The highest BCUT2D eigenvalue weighted by atomic mass is 16.5. The molecule has 5 heteroatoms. The number of rotatable bonds is 6. The average Bonchev–Trinajstić information content (AvgIpc) is 2.68. The number of methoxy groups -OCH3 is 2. The van der Waals surface area contributed by atoms with E-state index < -0.39 is 12.0 Å². The van der Waals surface area contributed by atoms with Crippen molar-refractivity contribution in [2.75, 3.05) is 27.3 Å². The Labute approximate surface area is 96.3 Å². The van der Waals surface area contributed by atoms with Crippen molar-refractivity contribution in [3.05, 3.63) is 0 Å². The summed E-state index contributed by atoms with van der Waals surface area (Å²) in [6.07, 6.45) is 1.48. The predicted octanol–water partition coefficient (Wildman–Crippen LogP) is 0.585. The molecule has 1 aliphatic heterocycles. The molecule has 0 aromatic heterocycles. The number of aliphatic carboxylic acids is 1. The van der Waals surface area contributed by atoms with Gasteiger partial charge in [-0.05, 0) is 6.42 Å². The molecule has 0 amide bonds. The minimum atomic E-state index is -0.756. The number of carboxylic acids is 1. The summed E-state index contributed by atoms with van der Waals surface area (Å²) >= 11 is 0. The highest BCUT2D eigenvalue weighted by Crippen LogP contribution is 2.20. The summed E-state index contributed by atoms with van der Waals surface area (Å²) in [5.74, 6) is -0.756. The first-order valence-corrected chi connectivity index (χ1v) is 5.66. The Balaban J connectivity index is 2.63. The first-order valence-electron chi connectivity index (χ1n) is 5.66. The number of hydrogen-bond donors (Lipinski definition) is 1. The van der Waals surface area contributed by atoms with Crippen LogP contribution in [-0.4, -0.2) is 61.5 Å². The number of likely N-dealkylation sites (tertiary alicyclic amines) is 1. The SMILES string of the molecule is CCCC(C(=O)O)N1CC(OC)C(OC)C1. The smallest absolute Gasteiger partial charge is 0.320 e. The zero-order valence-electron chi connectivity index (χ0n) is 10.2. The van der Waals surface area contributed by atoms with Crippen molar-refractivity contribution in [3.63, 3.8) is 0 Å². The second kappa shape index (κ2) is 6.18. The monoisotopic (exact) mass is 231 g/mol. The molecule has 1 N–H and O–H groups in total. The van der Waals surface area contributed by atoms with Crippen molar-refractivity contribution < 1.29 is 19.4 Å². The van der Waals surface area contributed by atoms with E-state index in [1.165, 1.54) is 0 Å². The van der Waals surface area contributed by atoms with Crippen molar-refractivity contribution in [2.24, 2.45) is 0 Å². The van der Waals surface area contributed by atoms with Crippen LogP contribution in [0.25, 0.3) is 0 Å². The summed E-state index contributed by atoms with van der Waals surface area (Å²) < 4.78 is 10.6. The van der Waals surface area contributed by atoms with E-state index in [-0.39, 0.29) is 12.2 Å². The third-order valence-corrected chi connectivity index (χ3v) is 3.14. The number of ether oxygens (including phenoxy) is 2. The standard InChI is InChI=1S/C11H21NO4/c1-4-5-8(11(13)14)12-6-9(15-2)10(7-12)16-3/h8-10H,4-7H2,1-3H3,(H,13,14). The van der Waals surface area contributed by atoms with Gasteiger partial charge in [-0.2, -0.15) is 0 Å². The second-order valence-electron chi connectivity index (χ2n) is 4.14. The zero-order chi connectivity index (χ0) is 12.1. The first-order chi connectivity index (χ1) is 7.63. The molecule has 3 atom stereocenters. The second-order valence-corrected chi connectivity index (χ2v) is 4.14. The molecule has 1 saturated heterocycles. The van der Waals surface area contributed by atoms with Gasteiger partial charge in [-0.1, -0.05) is 13.3 Å². The van der Waals surface area contributed by atoms with Crippen LogP contribution in [0.5, 0.6) is 0 Å². The van der Waals surface area contributed by atoms with Gasteiger partial charge in [-0.25, -0.2) is 0 Å². The maximum absolute atomic E-state index is 11.1. The van der Waals surface area contributed by atoms with Gasteiger partial charge in [0.05, 0.1) is 12.2 Å². The van der Waals surface area contributed by atoms with Gasteiger partial charge >= 0.3 is 5.97 Å². The molecule has 0 spiro atoms. The van der Waals surface area contributed by atoms with E-state index >= 15 is 0 Å². The molecule has 16 heavy (non-hydrogen) atoms. The van der Waals surface area contributed by atoms with Gasteiger partial charge in [0.15, 0.2) is 0 Å². The third-order valence-electron chi connectivity index (χ3n) is 3.14. The molecule has 0 aromatic carbocycles. The van der Waals surface area contributed by atoms with Crippen LogP contribution in [0.3, 0.4) is 0 Å². The number of nitrogens with zero attached hydrogens (tertiary/aromatic N) is 1. The summed E-state index contributed by atoms with van der Waals surface area (Å²) in [6.45, 7) is 3.26. The van der Waals surface area contributed by atoms with E-state index in [1.807, 2.05) is 11.8 Å². The van der Waals surface area contributed by atoms with Crippen molar-refractivity contribution in [1.82, 2.24) is 4.90 Å². The Morgan fingerprint density at radius 3 is 2.19 bits per heavy atom. The highest BCUT2D eigenvalue weighted by molar-refractivity contribution is 5.73. The lowest BCUT2D eigenvalue weighted by Gasteiger charge is -2.23. The molecule has 0 bridgehead atoms. The normalized spacial score (nSPS) is 28.2. The van der Waals surface area contributed by atoms with Gasteiger partial charge in [0.1, 0.15) is 6.04 Å². The lowest BCUT2D eigenvalue weighted by atomic mass is 10.1. The molecule has 0 aliphatic carbocycles. The zero-order valence-corrected chi connectivity index (χ0v) is 10.2. The molecule has 0 radical (unpaired) electrons. The summed E-state index contributed by atoms with van der Waals surface area (Å²) in [6, 6.07) is -0.414. The van der Waals surface area contributed by atoms with Crippen LogP contribution in [0.2, 0.25) is 0 Å².